The number of methoxy groups -OCH3 is 1. The predicted molar refractivity (Wildman–Crippen MR) is 414 cm³/mol. The first-order chi connectivity index (χ1) is 53.7. The van der Waals surface area contributed by atoms with Crippen LogP contribution in [0.4, 0.5) is 11.5 Å². The number of fused-ring (bicyclic) bond motifs is 3. The summed E-state index contributed by atoms with van der Waals surface area (Å²) >= 11 is 0. The lowest BCUT2D eigenvalue weighted by Gasteiger charge is -2.30. The van der Waals surface area contributed by atoms with Crippen molar-refractivity contribution in [3.63, 3.8) is 0 Å². The van der Waals surface area contributed by atoms with E-state index in [1.807, 2.05) is 12.1 Å². The van der Waals surface area contributed by atoms with Gasteiger partial charge >= 0.3 is 5.97 Å². The predicted octanol–water partition coefficient (Wildman–Crippen LogP) is 4.92. The van der Waals surface area contributed by atoms with E-state index >= 15 is 0 Å². The Morgan fingerprint density at radius 3 is 1.52 bits per heavy atom. The third kappa shape index (κ3) is 35.0. The Bertz CT molecular complexity index is 3650. The first kappa shape index (κ1) is 91.4. The smallest absolute Gasteiger partial charge is 0.335 e. The van der Waals surface area contributed by atoms with E-state index in [0.717, 1.165) is 76.3 Å². The summed E-state index contributed by atoms with van der Waals surface area (Å²) in [6.07, 6.45) is 5.64. The third-order valence-electron chi connectivity index (χ3n) is 17.6. The van der Waals surface area contributed by atoms with E-state index < -0.39 is 65.5 Å². The maximum absolute atomic E-state index is 14.0. The molecule has 32 heteroatoms. The van der Waals surface area contributed by atoms with Gasteiger partial charge in [0.1, 0.15) is 42.6 Å². The Hall–Kier alpha value is -8.48. The number of imidazole rings is 1. The number of ether oxygens (including phenoxy) is 12. The Morgan fingerprint density at radius 2 is 1.04 bits per heavy atom. The third-order valence-corrected chi connectivity index (χ3v) is 17.6. The lowest BCUT2D eigenvalue weighted by atomic mass is 10.0. The molecule has 0 saturated carbocycles. The number of hydrogen-bond donors (Lipinski definition) is 7. The minimum absolute atomic E-state index is 0.107. The number of rotatable bonds is 62. The molecular weight excluding hydrogens is 1440 g/mol. The Kier molecular flexibility index (Phi) is 42.8. The van der Waals surface area contributed by atoms with Crippen molar-refractivity contribution in [3.8, 4) is 0 Å². The number of nitrogens with two attached hydrogens (primary N) is 1. The van der Waals surface area contributed by atoms with Crippen LogP contribution in [0.1, 0.15) is 106 Å². The van der Waals surface area contributed by atoms with Crippen molar-refractivity contribution in [2.24, 2.45) is 5.92 Å². The summed E-state index contributed by atoms with van der Waals surface area (Å²) in [6, 6.07) is 17.6. The molecule has 1 aliphatic heterocycles. The van der Waals surface area contributed by atoms with E-state index in [9.17, 15) is 43.5 Å². The van der Waals surface area contributed by atoms with Crippen molar-refractivity contribution in [2.75, 3.05) is 197 Å². The van der Waals surface area contributed by atoms with Gasteiger partial charge in [-0.3, -0.25) is 38.5 Å². The summed E-state index contributed by atoms with van der Waals surface area (Å²) in [5.41, 5.74) is 12.2. The zero-order valence-electron chi connectivity index (χ0n) is 65.7. The van der Waals surface area contributed by atoms with E-state index in [1.165, 1.54) is 6.92 Å². The van der Waals surface area contributed by atoms with Crippen LogP contribution in [0.5, 0.6) is 0 Å². The highest BCUT2D eigenvalue weighted by atomic mass is 16.6. The lowest BCUT2D eigenvalue weighted by molar-refractivity contribution is -0.916. The summed E-state index contributed by atoms with van der Waals surface area (Å²) in [6.45, 7) is 19.1. The molecule has 0 saturated heterocycles. The second-order valence-electron chi connectivity index (χ2n) is 27.5. The van der Waals surface area contributed by atoms with E-state index in [1.54, 1.807) is 51.3 Å². The number of carbonyl (C=O) groups excluding carboxylic acids is 7. The second-order valence-corrected chi connectivity index (χ2v) is 27.5. The molecule has 0 fully saturated rings. The maximum atomic E-state index is 14.0. The average molecular weight is 1560 g/mol. The number of imide groups is 1. The molecule has 6 rings (SSSR count). The molecule has 111 heavy (non-hydrogen) atoms. The van der Waals surface area contributed by atoms with Crippen molar-refractivity contribution in [1.82, 2.24) is 40.7 Å². The SMILES string of the molecule is CCCCc1nc2c(N)nc3cc(C(=O)O)ccc3c2n1Cc1ccc(C[N+](C)(C)Cc2ccc(NC(=O)[C@H](C)NC(=O)[C@@H](NC(=O)[C@H](CCCCNC(=O)CCOCCOCCOCCOCCOCCOCCOCCOCCOCCOCCOCCOC)NC(=O)CCN3C(=O)C=CC3=O)C(C)C)cc2)cc1. The number of pyridine rings is 1. The molecule has 0 unspecified atom stereocenters. The molecule has 3 heterocycles. The summed E-state index contributed by atoms with van der Waals surface area (Å²) < 4.78 is 68.2. The number of aromatic carboxylic acids is 1. The van der Waals surface area contributed by atoms with Crippen LogP contribution >= 0.6 is 0 Å². The molecule has 0 spiro atoms. The van der Waals surface area contributed by atoms with Gasteiger partial charge in [0, 0.05) is 80.4 Å². The number of anilines is 2. The van der Waals surface area contributed by atoms with Gasteiger partial charge < -0.3 is 103 Å². The molecule has 8 N–H and O–H groups in total. The van der Waals surface area contributed by atoms with Crippen LogP contribution in [0.25, 0.3) is 21.9 Å². The number of benzene rings is 3. The molecule has 3 aromatic carbocycles. The van der Waals surface area contributed by atoms with Gasteiger partial charge in [0.05, 0.1) is 183 Å². The van der Waals surface area contributed by atoms with Crippen LogP contribution in [0.15, 0.2) is 78.9 Å². The van der Waals surface area contributed by atoms with Gasteiger partial charge in [-0.2, -0.15) is 0 Å². The number of nitrogens with one attached hydrogen (secondary N) is 5. The molecule has 3 atom stereocenters. The molecule has 32 nitrogen and oxygen atoms in total. The van der Waals surface area contributed by atoms with Gasteiger partial charge in [0.25, 0.3) is 11.8 Å². The van der Waals surface area contributed by atoms with E-state index in [-0.39, 0.29) is 62.9 Å². The number of hydrogen-bond acceptors (Lipinski definition) is 23. The number of carbonyl (C=O) groups is 8. The Labute approximate surface area is 650 Å². The highest BCUT2D eigenvalue weighted by molar-refractivity contribution is 6.13. The van der Waals surface area contributed by atoms with E-state index in [4.69, 9.17) is 67.6 Å². The largest absolute Gasteiger partial charge is 0.478 e. The van der Waals surface area contributed by atoms with Crippen LogP contribution in [0.2, 0.25) is 0 Å². The van der Waals surface area contributed by atoms with Crippen molar-refractivity contribution in [1.29, 1.82) is 0 Å². The molecule has 5 aromatic rings. The van der Waals surface area contributed by atoms with Crippen LogP contribution in [0, 0.1) is 5.92 Å². The lowest BCUT2D eigenvalue weighted by Crippen LogP contribution is -2.57. The summed E-state index contributed by atoms with van der Waals surface area (Å²) in [7, 11) is 5.92. The maximum Gasteiger partial charge on any atom is 0.335 e. The Balaban J connectivity index is 0.814. The molecule has 614 valence electrons. The van der Waals surface area contributed by atoms with Gasteiger partial charge in [-0.25, -0.2) is 14.8 Å². The van der Waals surface area contributed by atoms with Crippen LogP contribution < -0.4 is 32.3 Å². The zero-order chi connectivity index (χ0) is 80.0. The number of aromatic nitrogens is 3. The van der Waals surface area contributed by atoms with Crippen LogP contribution in [-0.2, 0) is 116 Å². The fourth-order valence-corrected chi connectivity index (χ4v) is 11.7. The second kappa shape index (κ2) is 51.9. The fourth-order valence-electron chi connectivity index (χ4n) is 11.7. The molecule has 7 amide bonds. The highest BCUT2D eigenvalue weighted by Gasteiger charge is 2.32. The quantitative estimate of drug-likeness (QED) is 0.0154. The van der Waals surface area contributed by atoms with Gasteiger partial charge in [0.15, 0.2) is 5.82 Å². The minimum atomic E-state index is -1.14. The molecule has 0 bridgehead atoms. The molecule has 0 aliphatic carbocycles. The summed E-state index contributed by atoms with van der Waals surface area (Å²) in [5, 5.41) is 24.4. The number of aryl methyl sites for hydroxylation is 1. The molecule has 2 aromatic heterocycles. The monoisotopic (exact) mass is 1560 g/mol. The summed E-state index contributed by atoms with van der Waals surface area (Å²) in [4.78, 5) is 114. The van der Waals surface area contributed by atoms with Crippen molar-refractivity contribution in [3.05, 3.63) is 107 Å². The standard InChI is InChI=1S/C79H117N11O21/c1-8-9-13-67-86-73-74(64-23-20-62(79(98)99)53-66(64)85-75(73)80)89(67)54-59-14-16-60(17-15-59)55-90(5,6)56-61-18-21-63(22-19-61)83-76(95)58(4)82-78(97)72(57(2)3)87-77(96)65(84-69(92)26-29-88-70(93)24-25-71(88)94)12-10-11-28-81-68(91)27-30-101-33-34-103-37-38-105-41-42-107-45-46-109-49-50-111-52-51-110-48-47-108-44-43-106-40-39-104-36-35-102-32-31-100-7/h14-25,53,57-58,65,72H,8-13,26-52,54-56H2,1-7H3,(H7-,80,81,82,83,84,85,87,91,92,95,96,97,98,99)/p+1/t58-,65-,72-/m0/s1. The number of nitrogens with zero attached hydrogens (tertiary/aromatic N) is 5. The topological polar surface area (TPSA) is 388 Å². The van der Waals surface area contributed by atoms with Crippen molar-refractivity contribution < 1.29 is 105 Å². The number of carboxylic acids is 1. The first-order valence-corrected chi connectivity index (χ1v) is 38.3. The zero-order valence-corrected chi connectivity index (χ0v) is 65.7. The van der Waals surface area contributed by atoms with Crippen LogP contribution in [0.3, 0.4) is 0 Å². The minimum Gasteiger partial charge on any atom is -0.478 e. The van der Waals surface area contributed by atoms with E-state index in [0.29, 0.717) is 186 Å². The number of carboxylic acid groups (broad SMARTS) is 1. The van der Waals surface area contributed by atoms with Crippen molar-refractivity contribution >= 4 is 80.8 Å². The van der Waals surface area contributed by atoms with Crippen LogP contribution in [-0.4, -0.2) is 281 Å². The molecule has 1 aliphatic rings. The van der Waals surface area contributed by atoms with Gasteiger partial charge in [-0.05, 0) is 74.4 Å². The number of unbranched alkanes of at least 4 members (excludes halogenated alkanes) is 2. The fraction of sp³-hybridized carbons (Fsp3) is 0.595. The Morgan fingerprint density at radius 1 is 0.550 bits per heavy atom. The van der Waals surface area contributed by atoms with Gasteiger partial charge in [0.2, 0.25) is 29.5 Å². The highest BCUT2D eigenvalue weighted by Crippen LogP contribution is 2.31. The average Bonchev–Trinajstić information content (AvgIpc) is 1.61. The molecule has 0 radical (unpaired) electrons. The van der Waals surface area contributed by atoms with Crippen molar-refractivity contribution in [2.45, 2.75) is 117 Å². The van der Waals surface area contributed by atoms with Gasteiger partial charge in [-0.1, -0.05) is 63.6 Å². The number of amides is 7. The van der Waals surface area contributed by atoms with Gasteiger partial charge in [-0.15, -0.1) is 0 Å². The first-order valence-electron chi connectivity index (χ1n) is 38.3. The molecular formula is C79H118N11O21+. The summed E-state index contributed by atoms with van der Waals surface area (Å²) in [5.74, 6) is -4.09. The normalized spacial score (nSPS) is 13.2. The van der Waals surface area contributed by atoms with E-state index in [2.05, 4.69) is 81.4 Å². The number of quaternary nitrogens is 1. The number of nitrogen functional groups attached to an aromatic ring is 1.